The highest BCUT2D eigenvalue weighted by molar-refractivity contribution is 5.92. The van der Waals surface area contributed by atoms with Crippen molar-refractivity contribution in [3.8, 4) is 28.3 Å². The number of nitrogens with zero attached hydrogens (tertiary/aromatic N) is 6. The molecule has 5 aromatic rings. The molecule has 0 fully saturated rings. The summed E-state index contributed by atoms with van der Waals surface area (Å²) in [5.74, 6) is 0.873. The van der Waals surface area contributed by atoms with Crippen LogP contribution in [-0.4, -0.2) is 35.5 Å². The zero-order valence-corrected chi connectivity index (χ0v) is 23.2. The lowest BCUT2D eigenvalue weighted by atomic mass is 9.70. The van der Waals surface area contributed by atoms with Gasteiger partial charge in [-0.05, 0) is 74.2 Å². The summed E-state index contributed by atoms with van der Waals surface area (Å²) in [5.41, 5.74) is 8.01. The minimum absolute atomic E-state index is 0.104. The molecule has 1 unspecified atom stereocenters. The molecule has 1 atom stereocenters. The van der Waals surface area contributed by atoms with Crippen molar-refractivity contribution in [3.63, 3.8) is 0 Å². The summed E-state index contributed by atoms with van der Waals surface area (Å²) in [7, 11) is 0. The molecule has 7 heteroatoms. The Balaban J connectivity index is 1.40. The van der Waals surface area contributed by atoms with Crippen LogP contribution in [0.2, 0.25) is 0 Å². The number of Topliss-reactive ketones (excluding diaryl/α,β-unsaturated/α-hetero) is 1. The summed E-state index contributed by atoms with van der Waals surface area (Å²) in [4.78, 5) is 25.6. The van der Waals surface area contributed by atoms with Crippen LogP contribution in [0.25, 0.3) is 28.3 Å². The molecule has 5 rings (SSSR count). The van der Waals surface area contributed by atoms with Crippen molar-refractivity contribution in [1.82, 2.24) is 29.7 Å². The van der Waals surface area contributed by atoms with E-state index in [1.807, 2.05) is 29.2 Å². The lowest BCUT2D eigenvalue weighted by Crippen LogP contribution is -2.31. The van der Waals surface area contributed by atoms with Crippen molar-refractivity contribution in [2.24, 2.45) is 5.92 Å². The maximum Gasteiger partial charge on any atom is 0.234 e. The normalized spacial score (nSPS) is 12.9. The smallest absolute Gasteiger partial charge is 0.234 e. The third kappa shape index (κ3) is 4.88. The number of carbonyl (C=O) groups excluding carboxylic acids is 1. The summed E-state index contributed by atoms with van der Waals surface area (Å²) < 4.78 is 2.05. The van der Waals surface area contributed by atoms with Crippen molar-refractivity contribution in [2.45, 2.75) is 47.0 Å². The first-order valence-electron chi connectivity index (χ1n) is 13.1. The number of aromatic nitrogens is 6. The molecule has 196 valence electrons. The van der Waals surface area contributed by atoms with Gasteiger partial charge in [-0.3, -0.25) is 14.3 Å². The van der Waals surface area contributed by atoms with Crippen LogP contribution in [-0.2, 0) is 5.41 Å². The van der Waals surface area contributed by atoms with E-state index in [-0.39, 0.29) is 11.2 Å². The number of pyridine rings is 1. The quantitative estimate of drug-likeness (QED) is 0.228. The Morgan fingerprint density at radius 2 is 1.36 bits per heavy atom. The van der Waals surface area contributed by atoms with Gasteiger partial charge in [0, 0.05) is 53.4 Å². The standard InChI is InChI=1S/C32H32N6O/c1-20(2)32(6,30-16-11-25(17-33-30)29-15-14-28(23(5)39)36-37-29)27-12-9-24(10-13-27)26-18-34-31(35-19-26)38-21(3)7-8-22(38)4/h7-20H,1-6H3. The minimum Gasteiger partial charge on any atom is -0.293 e. The van der Waals surface area contributed by atoms with Gasteiger partial charge in [0.15, 0.2) is 5.78 Å². The number of carbonyl (C=O) groups is 1. The van der Waals surface area contributed by atoms with Gasteiger partial charge in [-0.25, -0.2) is 9.97 Å². The van der Waals surface area contributed by atoms with E-state index in [0.29, 0.717) is 23.3 Å². The van der Waals surface area contributed by atoms with Crippen LogP contribution in [0.5, 0.6) is 0 Å². The van der Waals surface area contributed by atoms with E-state index in [0.717, 1.165) is 33.8 Å². The fourth-order valence-electron chi connectivity index (χ4n) is 4.88. The van der Waals surface area contributed by atoms with Gasteiger partial charge < -0.3 is 0 Å². The Hall–Kier alpha value is -4.52. The third-order valence-corrected chi connectivity index (χ3v) is 7.70. The van der Waals surface area contributed by atoms with E-state index in [9.17, 15) is 4.79 Å². The summed E-state index contributed by atoms with van der Waals surface area (Å²) in [6.07, 6.45) is 5.59. The Morgan fingerprint density at radius 1 is 0.744 bits per heavy atom. The largest absolute Gasteiger partial charge is 0.293 e. The molecule has 4 heterocycles. The van der Waals surface area contributed by atoms with E-state index >= 15 is 0 Å². The van der Waals surface area contributed by atoms with E-state index in [1.54, 1.807) is 12.1 Å². The van der Waals surface area contributed by atoms with Crippen molar-refractivity contribution < 1.29 is 4.79 Å². The number of benzene rings is 1. The molecule has 0 saturated heterocycles. The van der Waals surface area contributed by atoms with Crippen molar-refractivity contribution in [3.05, 3.63) is 108 Å². The van der Waals surface area contributed by atoms with Crippen molar-refractivity contribution in [2.75, 3.05) is 0 Å². The molecule has 1 aromatic carbocycles. The van der Waals surface area contributed by atoms with Gasteiger partial charge >= 0.3 is 0 Å². The second-order valence-corrected chi connectivity index (χ2v) is 10.4. The second-order valence-electron chi connectivity index (χ2n) is 10.4. The number of hydrogen-bond acceptors (Lipinski definition) is 6. The highest BCUT2D eigenvalue weighted by atomic mass is 16.1. The van der Waals surface area contributed by atoms with Gasteiger partial charge in [0.2, 0.25) is 5.95 Å². The molecular formula is C32H32N6O. The lowest BCUT2D eigenvalue weighted by molar-refractivity contribution is 0.101. The van der Waals surface area contributed by atoms with Crippen molar-refractivity contribution in [1.29, 1.82) is 0 Å². The molecule has 0 spiro atoms. The molecule has 0 radical (unpaired) electrons. The Morgan fingerprint density at radius 3 is 1.87 bits per heavy atom. The molecule has 7 nitrogen and oxygen atoms in total. The predicted octanol–water partition coefficient (Wildman–Crippen LogP) is 6.57. The van der Waals surface area contributed by atoms with Crippen molar-refractivity contribution >= 4 is 5.78 Å². The van der Waals surface area contributed by atoms with E-state index < -0.39 is 0 Å². The summed E-state index contributed by atoms with van der Waals surface area (Å²) in [6, 6.07) is 20.3. The van der Waals surface area contributed by atoms with Gasteiger partial charge in [0.25, 0.3) is 0 Å². The van der Waals surface area contributed by atoms with Crippen LogP contribution >= 0.6 is 0 Å². The SMILES string of the molecule is CC(=O)c1ccc(-c2ccc(C(C)(c3ccc(-c4cnc(-n5c(C)ccc5C)nc4)cc3)C(C)C)nc2)nn1. The molecule has 0 aliphatic rings. The Bertz CT molecular complexity index is 1580. The van der Waals surface area contributed by atoms with Crippen LogP contribution in [0, 0.1) is 19.8 Å². The predicted molar refractivity (Wildman–Crippen MR) is 153 cm³/mol. The highest BCUT2D eigenvalue weighted by Crippen LogP contribution is 2.39. The van der Waals surface area contributed by atoms with Gasteiger partial charge in [0.05, 0.1) is 11.4 Å². The number of ketones is 1. The molecule has 0 saturated carbocycles. The van der Waals surface area contributed by atoms with Crippen LogP contribution in [0.3, 0.4) is 0 Å². The average molecular weight is 517 g/mol. The number of rotatable bonds is 7. The molecule has 0 aliphatic heterocycles. The van der Waals surface area contributed by atoms with Crippen LogP contribution < -0.4 is 0 Å². The molecular weight excluding hydrogens is 484 g/mol. The molecule has 0 aliphatic carbocycles. The van der Waals surface area contributed by atoms with Gasteiger partial charge in [-0.2, -0.15) is 0 Å². The van der Waals surface area contributed by atoms with Gasteiger partial charge in [-0.1, -0.05) is 38.1 Å². The lowest BCUT2D eigenvalue weighted by Gasteiger charge is -2.34. The number of hydrogen-bond donors (Lipinski definition) is 0. The van der Waals surface area contributed by atoms with Crippen LogP contribution in [0.1, 0.15) is 60.8 Å². The maximum atomic E-state index is 11.5. The van der Waals surface area contributed by atoms with E-state index in [2.05, 4.69) is 97.2 Å². The molecule has 39 heavy (non-hydrogen) atoms. The second kappa shape index (κ2) is 10.3. The van der Waals surface area contributed by atoms with E-state index in [4.69, 9.17) is 4.98 Å². The monoisotopic (exact) mass is 516 g/mol. The minimum atomic E-state index is -0.301. The maximum absolute atomic E-state index is 11.5. The van der Waals surface area contributed by atoms with Crippen LogP contribution in [0.15, 0.2) is 79.3 Å². The summed E-state index contributed by atoms with van der Waals surface area (Å²) in [5, 5.41) is 8.22. The zero-order valence-electron chi connectivity index (χ0n) is 23.2. The summed E-state index contributed by atoms with van der Waals surface area (Å²) >= 11 is 0. The average Bonchev–Trinajstić information content (AvgIpc) is 3.30. The zero-order chi connectivity index (χ0) is 27.7. The molecule has 0 bridgehead atoms. The van der Waals surface area contributed by atoms with E-state index in [1.165, 1.54) is 12.5 Å². The fraction of sp³-hybridized carbons (Fsp3) is 0.250. The molecule has 0 amide bonds. The molecule has 4 aromatic heterocycles. The first kappa shape index (κ1) is 26.1. The third-order valence-electron chi connectivity index (χ3n) is 7.70. The Labute approximate surface area is 229 Å². The summed E-state index contributed by atoms with van der Waals surface area (Å²) in [6.45, 7) is 12.3. The highest BCUT2D eigenvalue weighted by Gasteiger charge is 2.34. The van der Waals surface area contributed by atoms with Gasteiger partial charge in [-0.15, -0.1) is 10.2 Å². The fourth-order valence-corrected chi connectivity index (χ4v) is 4.88. The Kier molecular flexibility index (Phi) is 6.91. The first-order chi connectivity index (χ1) is 18.7. The molecule has 0 N–H and O–H groups in total. The first-order valence-corrected chi connectivity index (χ1v) is 13.1. The number of aryl methyl sites for hydroxylation is 2. The van der Waals surface area contributed by atoms with Gasteiger partial charge in [0.1, 0.15) is 5.69 Å². The topological polar surface area (TPSA) is 86.5 Å². The van der Waals surface area contributed by atoms with Crippen LogP contribution in [0.4, 0.5) is 0 Å².